The molecule has 0 radical (unpaired) electrons. The standard InChI is InChI=1S/C15H17N5/c1-20-15(10-17-19-20)14(18-16)9-11-6-7-12-4-2-3-5-13(12)8-11/h2-8,10,14,18H,9,16H2,1H3. The Morgan fingerprint density at radius 3 is 2.70 bits per heavy atom. The van der Waals surface area contributed by atoms with Crippen LogP contribution >= 0.6 is 0 Å². The van der Waals surface area contributed by atoms with Crippen molar-refractivity contribution in [2.24, 2.45) is 12.9 Å². The van der Waals surface area contributed by atoms with Gasteiger partial charge in [-0.05, 0) is 22.8 Å². The number of nitrogens with zero attached hydrogens (tertiary/aromatic N) is 3. The number of nitrogens with two attached hydrogens (primary N) is 1. The molecule has 0 saturated carbocycles. The van der Waals surface area contributed by atoms with Crippen molar-refractivity contribution >= 4 is 10.8 Å². The van der Waals surface area contributed by atoms with E-state index in [4.69, 9.17) is 5.84 Å². The van der Waals surface area contributed by atoms with E-state index in [2.05, 4.69) is 52.1 Å². The van der Waals surface area contributed by atoms with Crippen molar-refractivity contribution in [2.75, 3.05) is 0 Å². The van der Waals surface area contributed by atoms with E-state index in [1.54, 1.807) is 10.9 Å². The number of rotatable bonds is 4. The van der Waals surface area contributed by atoms with Gasteiger partial charge in [0.2, 0.25) is 0 Å². The van der Waals surface area contributed by atoms with Crippen LogP contribution in [0.3, 0.4) is 0 Å². The van der Waals surface area contributed by atoms with Gasteiger partial charge in [0.1, 0.15) is 0 Å². The van der Waals surface area contributed by atoms with Crippen LogP contribution in [0.1, 0.15) is 17.3 Å². The molecule has 0 aliphatic rings. The maximum absolute atomic E-state index is 5.67. The molecule has 1 unspecified atom stereocenters. The van der Waals surface area contributed by atoms with Crippen LogP contribution in [0.4, 0.5) is 0 Å². The fourth-order valence-electron chi connectivity index (χ4n) is 2.46. The average Bonchev–Trinajstić information content (AvgIpc) is 2.91. The minimum absolute atomic E-state index is 0.00355. The molecule has 20 heavy (non-hydrogen) atoms. The number of aryl methyl sites for hydroxylation is 1. The molecule has 5 nitrogen and oxygen atoms in total. The lowest BCUT2D eigenvalue weighted by Crippen LogP contribution is -2.31. The molecule has 1 atom stereocenters. The molecule has 0 amide bonds. The van der Waals surface area contributed by atoms with Crippen molar-refractivity contribution in [3.63, 3.8) is 0 Å². The first kappa shape index (κ1) is 12.8. The second kappa shape index (κ2) is 5.40. The monoisotopic (exact) mass is 267 g/mol. The summed E-state index contributed by atoms with van der Waals surface area (Å²) in [4.78, 5) is 0. The summed E-state index contributed by atoms with van der Waals surface area (Å²) in [5.74, 6) is 5.67. The summed E-state index contributed by atoms with van der Waals surface area (Å²) >= 11 is 0. The Balaban J connectivity index is 1.89. The van der Waals surface area contributed by atoms with E-state index in [-0.39, 0.29) is 6.04 Å². The van der Waals surface area contributed by atoms with Gasteiger partial charge in [-0.3, -0.25) is 16.0 Å². The third-order valence-electron chi connectivity index (χ3n) is 3.56. The van der Waals surface area contributed by atoms with Crippen LogP contribution in [0.5, 0.6) is 0 Å². The predicted molar refractivity (Wildman–Crippen MR) is 78.7 cm³/mol. The highest BCUT2D eigenvalue weighted by Crippen LogP contribution is 2.20. The van der Waals surface area contributed by atoms with Crippen LogP contribution in [0.25, 0.3) is 10.8 Å². The summed E-state index contributed by atoms with van der Waals surface area (Å²) < 4.78 is 1.74. The van der Waals surface area contributed by atoms with E-state index in [9.17, 15) is 0 Å². The molecule has 0 aliphatic heterocycles. The number of aromatic nitrogens is 3. The summed E-state index contributed by atoms with van der Waals surface area (Å²) in [5.41, 5.74) is 5.04. The minimum atomic E-state index is -0.00355. The van der Waals surface area contributed by atoms with Crippen LogP contribution in [0.2, 0.25) is 0 Å². The minimum Gasteiger partial charge on any atom is -0.271 e. The molecule has 0 fully saturated rings. The van der Waals surface area contributed by atoms with Crippen molar-refractivity contribution in [1.29, 1.82) is 0 Å². The first-order valence-corrected chi connectivity index (χ1v) is 6.56. The van der Waals surface area contributed by atoms with Crippen LogP contribution < -0.4 is 11.3 Å². The van der Waals surface area contributed by atoms with Gasteiger partial charge in [-0.2, -0.15) is 0 Å². The zero-order chi connectivity index (χ0) is 13.9. The zero-order valence-electron chi connectivity index (χ0n) is 11.3. The second-order valence-electron chi connectivity index (χ2n) is 4.89. The molecule has 0 bridgehead atoms. The predicted octanol–water partition coefficient (Wildman–Crippen LogP) is 1.72. The van der Waals surface area contributed by atoms with Gasteiger partial charge in [-0.25, -0.2) is 0 Å². The zero-order valence-corrected chi connectivity index (χ0v) is 11.3. The summed E-state index contributed by atoms with van der Waals surface area (Å²) in [6.07, 6.45) is 2.54. The molecule has 0 spiro atoms. The maximum atomic E-state index is 5.67. The molecule has 102 valence electrons. The van der Waals surface area contributed by atoms with Crippen LogP contribution in [-0.4, -0.2) is 15.0 Å². The molecule has 0 aliphatic carbocycles. The molecule has 3 aromatic rings. The van der Waals surface area contributed by atoms with Gasteiger partial charge in [0.15, 0.2) is 0 Å². The summed E-state index contributed by atoms with van der Waals surface area (Å²) in [7, 11) is 1.87. The third kappa shape index (κ3) is 2.41. The summed E-state index contributed by atoms with van der Waals surface area (Å²) in [6, 6.07) is 14.8. The van der Waals surface area contributed by atoms with E-state index < -0.39 is 0 Å². The highest BCUT2D eigenvalue weighted by atomic mass is 15.4. The topological polar surface area (TPSA) is 68.8 Å². The molecule has 5 heteroatoms. The number of benzene rings is 2. The molecular formula is C15H17N5. The fourth-order valence-corrected chi connectivity index (χ4v) is 2.46. The number of hydrazine groups is 1. The van der Waals surface area contributed by atoms with Gasteiger partial charge in [0.05, 0.1) is 17.9 Å². The Hall–Kier alpha value is -2.24. The van der Waals surface area contributed by atoms with Crippen molar-refractivity contribution in [3.8, 4) is 0 Å². The SMILES string of the molecule is Cn1nncc1C(Cc1ccc2ccccc2c1)NN. The number of hydrogen-bond donors (Lipinski definition) is 2. The summed E-state index contributed by atoms with van der Waals surface area (Å²) in [6.45, 7) is 0. The first-order chi connectivity index (χ1) is 9.78. The third-order valence-corrected chi connectivity index (χ3v) is 3.56. The van der Waals surface area contributed by atoms with Gasteiger partial charge in [0.25, 0.3) is 0 Å². The fraction of sp³-hybridized carbons (Fsp3) is 0.200. The van der Waals surface area contributed by atoms with Gasteiger partial charge >= 0.3 is 0 Å². The van der Waals surface area contributed by atoms with Crippen LogP contribution in [0.15, 0.2) is 48.7 Å². The Bertz CT molecular complexity index is 719. The van der Waals surface area contributed by atoms with E-state index in [0.29, 0.717) is 0 Å². The Morgan fingerprint density at radius 2 is 2.00 bits per heavy atom. The lowest BCUT2D eigenvalue weighted by atomic mass is 10.0. The average molecular weight is 267 g/mol. The van der Waals surface area contributed by atoms with Gasteiger partial charge in [0, 0.05) is 7.05 Å². The Kier molecular flexibility index (Phi) is 3.45. The van der Waals surface area contributed by atoms with Crippen LogP contribution in [-0.2, 0) is 13.5 Å². The molecule has 0 saturated heterocycles. The number of nitrogens with one attached hydrogen (secondary N) is 1. The van der Waals surface area contributed by atoms with Gasteiger partial charge in [-0.15, -0.1) is 5.10 Å². The molecule has 2 aromatic carbocycles. The lowest BCUT2D eigenvalue weighted by Gasteiger charge is -2.15. The molecule has 1 aromatic heterocycles. The smallest absolute Gasteiger partial charge is 0.0770 e. The lowest BCUT2D eigenvalue weighted by molar-refractivity contribution is 0.507. The van der Waals surface area contributed by atoms with Gasteiger partial charge < -0.3 is 0 Å². The normalized spacial score (nSPS) is 12.7. The van der Waals surface area contributed by atoms with E-state index in [1.165, 1.54) is 16.3 Å². The van der Waals surface area contributed by atoms with Crippen LogP contribution in [0, 0.1) is 0 Å². The van der Waals surface area contributed by atoms with E-state index in [0.717, 1.165) is 12.1 Å². The highest BCUT2D eigenvalue weighted by Gasteiger charge is 2.15. The van der Waals surface area contributed by atoms with Crippen molar-refractivity contribution in [3.05, 3.63) is 59.9 Å². The quantitative estimate of drug-likeness (QED) is 0.558. The molecule has 3 N–H and O–H groups in total. The second-order valence-corrected chi connectivity index (χ2v) is 4.89. The first-order valence-electron chi connectivity index (χ1n) is 6.56. The Morgan fingerprint density at radius 1 is 1.20 bits per heavy atom. The summed E-state index contributed by atoms with van der Waals surface area (Å²) in [5, 5.41) is 10.3. The largest absolute Gasteiger partial charge is 0.271 e. The van der Waals surface area contributed by atoms with E-state index >= 15 is 0 Å². The number of hydrogen-bond acceptors (Lipinski definition) is 4. The van der Waals surface area contributed by atoms with Crippen molar-refractivity contribution < 1.29 is 0 Å². The van der Waals surface area contributed by atoms with E-state index in [1.807, 2.05) is 13.1 Å². The molecular weight excluding hydrogens is 250 g/mol. The molecule has 1 heterocycles. The van der Waals surface area contributed by atoms with Gasteiger partial charge in [-0.1, -0.05) is 47.7 Å². The highest BCUT2D eigenvalue weighted by molar-refractivity contribution is 5.83. The van der Waals surface area contributed by atoms with Crippen molar-refractivity contribution in [1.82, 2.24) is 20.4 Å². The molecule has 3 rings (SSSR count). The maximum Gasteiger partial charge on any atom is 0.0770 e. The van der Waals surface area contributed by atoms with Crippen molar-refractivity contribution in [2.45, 2.75) is 12.5 Å². The Labute approximate surface area is 117 Å². The number of fused-ring (bicyclic) bond motifs is 1.